The molecule has 0 radical (unpaired) electrons. The summed E-state index contributed by atoms with van der Waals surface area (Å²) in [6.07, 6.45) is 0. The van der Waals surface area contributed by atoms with Crippen LogP contribution in [0, 0.1) is 6.92 Å². The zero-order chi connectivity index (χ0) is 23.0. The lowest BCUT2D eigenvalue weighted by molar-refractivity contribution is -0.119. The highest BCUT2D eigenvalue weighted by molar-refractivity contribution is 7.98. The second-order valence-electron chi connectivity index (χ2n) is 7.19. The number of benzene rings is 3. The first-order chi connectivity index (χ1) is 15.4. The molecule has 5 nitrogen and oxygen atoms in total. The number of rotatable bonds is 10. The van der Waals surface area contributed by atoms with E-state index in [-0.39, 0.29) is 17.3 Å². The molecule has 0 unspecified atom stereocenters. The molecule has 0 aliphatic heterocycles. The van der Waals surface area contributed by atoms with Crippen LogP contribution in [0.25, 0.3) is 0 Å². The van der Waals surface area contributed by atoms with Crippen LogP contribution < -0.4 is 9.62 Å². The molecule has 1 amide bonds. The van der Waals surface area contributed by atoms with Gasteiger partial charge >= 0.3 is 0 Å². The number of anilines is 1. The Labute approximate surface area is 198 Å². The summed E-state index contributed by atoms with van der Waals surface area (Å²) in [7, 11) is -3.88. The molecule has 8 heteroatoms. The van der Waals surface area contributed by atoms with Crippen molar-refractivity contribution in [3.05, 3.63) is 95.0 Å². The van der Waals surface area contributed by atoms with E-state index in [4.69, 9.17) is 11.6 Å². The van der Waals surface area contributed by atoms with E-state index in [1.165, 1.54) is 12.1 Å². The molecule has 0 aromatic heterocycles. The molecule has 0 saturated carbocycles. The summed E-state index contributed by atoms with van der Waals surface area (Å²) in [5.41, 5.74) is 2.53. The van der Waals surface area contributed by atoms with Gasteiger partial charge in [-0.15, -0.1) is 0 Å². The number of sulfonamides is 1. The zero-order valence-corrected chi connectivity index (χ0v) is 20.1. The van der Waals surface area contributed by atoms with Crippen LogP contribution in [0.4, 0.5) is 5.69 Å². The summed E-state index contributed by atoms with van der Waals surface area (Å²) in [6.45, 7) is 2.04. The van der Waals surface area contributed by atoms with Crippen molar-refractivity contribution in [2.45, 2.75) is 17.6 Å². The van der Waals surface area contributed by atoms with Gasteiger partial charge in [-0.2, -0.15) is 11.8 Å². The molecule has 3 rings (SSSR count). The van der Waals surface area contributed by atoms with Crippen LogP contribution in [-0.2, 0) is 20.6 Å². The van der Waals surface area contributed by atoms with E-state index in [0.717, 1.165) is 21.2 Å². The van der Waals surface area contributed by atoms with Crippen LogP contribution in [0.15, 0.2) is 83.8 Å². The Morgan fingerprint density at radius 3 is 2.41 bits per heavy atom. The van der Waals surface area contributed by atoms with Gasteiger partial charge in [0.15, 0.2) is 0 Å². The molecule has 0 bridgehead atoms. The van der Waals surface area contributed by atoms with Crippen LogP contribution in [0.1, 0.15) is 11.1 Å². The maximum absolute atomic E-state index is 13.3. The van der Waals surface area contributed by atoms with Crippen molar-refractivity contribution in [1.82, 2.24) is 5.32 Å². The molecule has 168 valence electrons. The second-order valence-corrected chi connectivity index (χ2v) is 10.6. The summed E-state index contributed by atoms with van der Waals surface area (Å²) in [6, 6.07) is 22.9. The Kier molecular flexibility index (Phi) is 8.61. The Bertz CT molecular complexity index is 1140. The Hall–Kier alpha value is -2.48. The van der Waals surface area contributed by atoms with Crippen molar-refractivity contribution in [1.29, 1.82) is 0 Å². The first kappa shape index (κ1) is 24.2. The fourth-order valence-electron chi connectivity index (χ4n) is 3.04. The number of amides is 1. The maximum atomic E-state index is 13.3. The minimum Gasteiger partial charge on any atom is -0.354 e. The van der Waals surface area contributed by atoms with E-state index >= 15 is 0 Å². The minimum absolute atomic E-state index is 0.146. The number of halogens is 1. The van der Waals surface area contributed by atoms with Gasteiger partial charge in [-0.25, -0.2) is 8.42 Å². The third-order valence-corrected chi connectivity index (χ3v) is 7.73. The predicted octanol–water partition coefficient (Wildman–Crippen LogP) is 4.89. The number of aryl methyl sites for hydroxylation is 1. The third kappa shape index (κ3) is 6.76. The zero-order valence-electron chi connectivity index (χ0n) is 17.7. The van der Waals surface area contributed by atoms with E-state index in [1.54, 1.807) is 48.2 Å². The molecule has 32 heavy (non-hydrogen) atoms. The van der Waals surface area contributed by atoms with E-state index < -0.39 is 10.0 Å². The van der Waals surface area contributed by atoms with Crippen LogP contribution >= 0.6 is 23.4 Å². The SMILES string of the molecule is Cc1cccc(N(CC(=O)NCCSCc2ccc(Cl)cc2)S(=O)(=O)c2ccccc2)c1. The molecule has 0 fully saturated rings. The Morgan fingerprint density at radius 2 is 1.72 bits per heavy atom. The Morgan fingerprint density at radius 1 is 1.00 bits per heavy atom. The summed E-state index contributed by atoms with van der Waals surface area (Å²) in [4.78, 5) is 12.8. The normalized spacial score (nSPS) is 11.2. The lowest BCUT2D eigenvalue weighted by Crippen LogP contribution is -2.41. The Balaban J connectivity index is 1.62. The fraction of sp³-hybridized carbons (Fsp3) is 0.208. The topological polar surface area (TPSA) is 66.5 Å². The molecule has 3 aromatic carbocycles. The molecule has 0 saturated heterocycles. The van der Waals surface area contributed by atoms with Crippen molar-refractivity contribution in [3.8, 4) is 0 Å². The fourth-order valence-corrected chi connectivity index (χ4v) is 5.42. The number of thioether (sulfide) groups is 1. The van der Waals surface area contributed by atoms with Crippen LogP contribution in [-0.4, -0.2) is 33.2 Å². The van der Waals surface area contributed by atoms with Crippen LogP contribution in [0.3, 0.4) is 0 Å². The highest BCUT2D eigenvalue weighted by atomic mass is 35.5. The highest BCUT2D eigenvalue weighted by Gasteiger charge is 2.27. The largest absolute Gasteiger partial charge is 0.354 e. The van der Waals surface area contributed by atoms with Crippen LogP contribution in [0.2, 0.25) is 5.02 Å². The number of carbonyl (C=O) groups is 1. The van der Waals surface area contributed by atoms with Gasteiger partial charge in [-0.05, 0) is 54.4 Å². The van der Waals surface area contributed by atoms with Gasteiger partial charge in [0.1, 0.15) is 6.54 Å². The molecule has 0 spiro atoms. The van der Waals surface area contributed by atoms with Crippen molar-refractivity contribution in [2.75, 3.05) is 23.1 Å². The average Bonchev–Trinajstić information content (AvgIpc) is 2.79. The van der Waals surface area contributed by atoms with E-state index in [2.05, 4.69) is 5.32 Å². The summed E-state index contributed by atoms with van der Waals surface area (Å²) >= 11 is 7.58. The second kappa shape index (κ2) is 11.4. The lowest BCUT2D eigenvalue weighted by atomic mass is 10.2. The summed E-state index contributed by atoms with van der Waals surface area (Å²) in [5.74, 6) is 1.17. The molecule has 0 aliphatic rings. The first-order valence-electron chi connectivity index (χ1n) is 10.1. The van der Waals surface area contributed by atoms with E-state index in [9.17, 15) is 13.2 Å². The van der Waals surface area contributed by atoms with Gasteiger partial charge in [0, 0.05) is 23.1 Å². The first-order valence-corrected chi connectivity index (χ1v) is 13.1. The van der Waals surface area contributed by atoms with Crippen molar-refractivity contribution < 1.29 is 13.2 Å². The van der Waals surface area contributed by atoms with Gasteiger partial charge in [-0.3, -0.25) is 9.10 Å². The molecule has 0 heterocycles. The number of nitrogens with zero attached hydrogens (tertiary/aromatic N) is 1. The van der Waals surface area contributed by atoms with Crippen molar-refractivity contribution >= 4 is 45.0 Å². The number of hydrogen-bond donors (Lipinski definition) is 1. The van der Waals surface area contributed by atoms with Crippen molar-refractivity contribution in [2.24, 2.45) is 0 Å². The molecular weight excluding hydrogens is 464 g/mol. The predicted molar refractivity (Wildman–Crippen MR) is 133 cm³/mol. The van der Waals surface area contributed by atoms with Gasteiger partial charge in [0.05, 0.1) is 10.6 Å². The van der Waals surface area contributed by atoms with E-state index in [0.29, 0.717) is 23.0 Å². The third-order valence-electron chi connectivity index (χ3n) is 4.66. The molecule has 0 aliphatic carbocycles. The quantitative estimate of drug-likeness (QED) is 0.412. The maximum Gasteiger partial charge on any atom is 0.264 e. The van der Waals surface area contributed by atoms with E-state index in [1.807, 2.05) is 37.3 Å². The van der Waals surface area contributed by atoms with Gasteiger partial charge in [0.25, 0.3) is 10.0 Å². The van der Waals surface area contributed by atoms with Gasteiger partial charge in [-0.1, -0.05) is 54.1 Å². The molecule has 1 N–H and O–H groups in total. The van der Waals surface area contributed by atoms with Crippen molar-refractivity contribution in [3.63, 3.8) is 0 Å². The number of hydrogen-bond acceptors (Lipinski definition) is 4. The highest BCUT2D eigenvalue weighted by Crippen LogP contribution is 2.24. The minimum atomic E-state index is -3.88. The number of nitrogens with one attached hydrogen (secondary N) is 1. The van der Waals surface area contributed by atoms with Crippen LogP contribution in [0.5, 0.6) is 0 Å². The lowest BCUT2D eigenvalue weighted by Gasteiger charge is -2.24. The molecular formula is C24H25ClN2O3S2. The molecule has 3 aromatic rings. The van der Waals surface area contributed by atoms with Gasteiger partial charge < -0.3 is 5.32 Å². The summed E-state index contributed by atoms with van der Waals surface area (Å²) in [5, 5.41) is 3.53. The summed E-state index contributed by atoms with van der Waals surface area (Å²) < 4.78 is 27.7. The smallest absolute Gasteiger partial charge is 0.264 e. The monoisotopic (exact) mass is 488 g/mol. The number of carbonyl (C=O) groups excluding carboxylic acids is 1. The standard InChI is InChI=1S/C24H25ClN2O3S2/c1-19-6-5-7-22(16-19)27(32(29,30)23-8-3-2-4-9-23)17-24(28)26-14-15-31-18-20-10-12-21(25)13-11-20/h2-13,16H,14-15,17-18H2,1H3,(H,26,28). The van der Waals surface area contributed by atoms with Gasteiger partial charge in [0.2, 0.25) is 5.91 Å². The molecule has 0 atom stereocenters. The average molecular weight is 489 g/mol.